The van der Waals surface area contributed by atoms with Crippen molar-refractivity contribution in [3.63, 3.8) is 0 Å². The van der Waals surface area contributed by atoms with E-state index in [9.17, 15) is 5.11 Å². The summed E-state index contributed by atoms with van der Waals surface area (Å²) in [7, 11) is 1.74. The molecule has 1 fully saturated rings. The summed E-state index contributed by atoms with van der Waals surface area (Å²) in [5.41, 5.74) is 0.717. The van der Waals surface area contributed by atoms with Crippen molar-refractivity contribution in [3.8, 4) is 0 Å². The normalized spacial score (nSPS) is 17.2. The minimum atomic E-state index is -0.329. The van der Waals surface area contributed by atoms with Crippen molar-refractivity contribution in [2.24, 2.45) is 10.4 Å². The van der Waals surface area contributed by atoms with Crippen LogP contribution in [-0.4, -0.2) is 50.1 Å². The van der Waals surface area contributed by atoms with Crippen LogP contribution in [0.2, 0.25) is 0 Å². The zero-order chi connectivity index (χ0) is 22.7. The number of unbranched alkanes of at least 4 members (excludes halogenated alkanes) is 5. The van der Waals surface area contributed by atoms with Gasteiger partial charge in [0.15, 0.2) is 5.90 Å². The van der Waals surface area contributed by atoms with Crippen molar-refractivity contribution in [2.45, 2.75) is 91.1 Å². The number of piperidine rings is 1. The molecule has 1 unspecified atom stereocenters. The predicted octanol–water partition coefficient (Wildman–Crippen LogP) is 5.69. The second-order valence-electron chi connectivity index (χ2n) is 8.15. The van der Waals surface area contributed by atoms with Crippen molar-refractivity contribution in [1.29, 1.82) is 5.41 Å². The largest absolute Gasteiger partial charge is 0.475 e. The fourth-order valence-electron chi connectivity index (χ4n) is 3.64. The highest BCUT2D eigenvalue weighted by Gasteiger charge is 2.39. The van der Waals surface area contributed by atoms with E-state index in [1.807, 2.05) is 19.2 Å². The molecule has 0 radical (unpaired) electrons. The lowest BCUT2D eigenvalue weighted by Crippen LogP contribution is -2.44. The molecule has 0 aromatic heterocycles. The van der Waals surface area contributed by atoms with Gasteiger partial charge >= 0.3 is 0 Å². The molecule has 1 saturated heterocycles. The molecule has 1 aliphatic rings. The van der Waals surface area contributed by atoms with Crippen LogP contribution >= 0.6 is 0 Å². The number of aliphatic hydroxyl groups is 1. The third kappa shape index (κ3) is 11.7. The van der Waals surface area contributed by atoms with E-state index in [2.05, 4.69) is 30.7 Å². The first-order chi connectivity index (χ1) is 14.5. The van der Waals surface area contributed by atoms with E-state index in [1.165, 1.54) is 38.5 Å². The highest BCUT2D eigenvalue weighted by atomic mass is 16.5. The minimum Gasteiger partial charge on any atom is -0.475 e. The summed E-state index contributed by atoms with van der Waals surface area (Å²) < 4.78 is 5.76. The van der Waals surface area contributed by atoms with Crippen LogP contribution in [0.1, 0.15) is 85.0 Å². The molecular weight excluding hydrogens is 374 g/mol. The molecule has 1 heterocycles. The van der Waals surface area contributed by atoms with Crippen LogP contribution in [0.4, 0.5) is 0 Å². The zero-order valence-electron chi connectivity index (χ0n) is 20.0. The van der Waals surface area contributed by atoms with Crippen LogP contribution in [0.15, 0.2) is 29.3 Å². The van der Waals surface area contributed by atoms with Gasteiger partial charge in [-0.05, 0) is 44.3 Å². The van der Waals surface area contributed by atoms with Gasteiger partial charge in [0, 0.05) is 13.3 Å². The molecule has 1 aliphatic heterocycles. The van der Waals surface area contributed by atoms with E-state index < -0.39 is 0 Å². The van der Waals surface area contributed by atoms with Crippen molar-refractivity contribution in [3.05, 3.63) is 24.3 Å². The SMILES string of the molecule is C=C/C=C(\C=NC)CC1(C(=N)OC(CC)CO)CCNCC1.CCCCCCCC. The van der Waals surface area contributed by atoms with Crippen LogP contribution in [-0.2, 0) is 4.74 Å². The molecule has 0 aromatic rings. The fourth-order valence-corrected chi connectivity index (χ4v) is 3.64. The van der Waals surface area contributed by atoms with E-state index in [-0.39, 0.29) is 24.0 Å². The van der Waals surface area contributed by atoms with Gasteiger partial charge in [0.2, 0.25) is 0 Å². The van der Waals surface area contributed by atoms with Gasteiger partial charge in [0.1, 0.15) is 6.10 Å². The molecular formula is C25H47N3O2. The van der Waals surface area contributed by atoms with Gasteiger partial charge in [-0.1, -0.05) is 78.0 Å². The van der Waals surface area contributed by atoms with Gasteiger partial charge in [-0.25, -0.2) is 0 Å². The molecule has 1 atom stereocenters. The van der Waals surface area contributed by atoms with E-state index in [4.69, 9.17) is 10.1 Å². The van der Waals surface area contributed by atoms with Crippen molar-refractivity contribution in [2.75, 3.05) is 26.7 Å². The maximum absolute atomic E-state index is 9.33. The van der Waals surface area contributed by atoms with E-state index in [1.54, 1.807) is 13.1 Å². The van der Waals surface area contributed by atoms with Crippen molar-refractivity contribution < 1.29 is 9.84 Å². The Morgan fingerprint density at radius 2 is 1.77 bits per heavy atom. The molecule has 0 bridgehead atoms. The molecule has 1 rings (SSSR count). The predicted molar refractivity (Wildman–Crippen MR) is 131 cm³/mol. The Hall–Kier alpha value is -1.46. The van der Waals surface area contributed by atoms with Gasteiger partial charge in [-0.2, -0.15) is 0 Å². The molecule has 3 N–H and O–H groups in total. The number of rotatable bonds is 13. The summed E-state index contributed by atoms with van der Waals surface area (Å²) in [4.78, 5) is 4.10. The van der Waals surface area contributed by atoms with E-state index >= 15 is 0 Å². The van der Waals surface area contributed by atoms with Crippen molar-refractivity contribution in [1.82, 2.24) is 5.32 Å². The molecule has 0 aromatic carbocycles. The number of nitrogens with one attached hydrogen (secondary N) is 2. The number of aliphatic imine (C=N–C) groups is 1. The Morgan fingerprint density at radius 3 is 2.20 bits per heavy atom. The van der Waals surface area contributed by atoms with E-state index in [0.29, 0.717) is 12.8 Å². The summed E-state index contributed by atoms with van der Waals surface area (Å²) in [6, 6.07) is 0. The Balaban J connectivity index is 0.000000890. The molecule has 5 nitrogen and oxygen atoms in total. The molecule has 0 aliphatic carbocycles. The smallest absolute Gasteiger partial charge is 0.187 e. The topological polar surface area (TPSA) is 77.7 Å². The number of ether oxygens (including phenoxy) is 1. The number of nitrogens with zero attached hydrogens (tertiary/aromatic N) is 1. The van der Waals surface area contributed by atoms with Crippen LogP contribution in [0.25, 0.3) is 0 Å². The van der Waals surface area contributed by atoms with Crippen molar-refractivity contribution >= 4 is 12.1 Å². The van der Waals surface area contributed by atoms with Gasteiger partial charge in [0.05, 0.1) is 12.0 Å². The first kappa shape index (κ1) is 28.5. The maximum atomic E-state index is 9.33. The van der Waals surface area contributed by atoms with Gasteiger partial charge in [0.25, 0.3) is 0 Å². The first-order valence-electron chi connectivity index (χ1n) is 11.8. The van der Waals surface area contributed by atoms with Crippen LogP contribution in [0, 0.1) is 10.8 Å². The summed E-state index contributed by atoms with van der Waals surface area (Å²) in [6.45, 7) is 11.9. The quantitative estimate of drug-likeness (QED) is 0.155. The molecule has 0 amide bonds. The van der Waals surface area contributed by atoms with Crippen LogP contribution in [0.3, 0.4) is 0 Å². The summed E-state index contributed by atoms with van der Waals surface area (Å²) >= 11 is 0. The number of allylic oxidation sites excluding steroid dienone is 3. The summed E-state index contributed by atoms with van der Waals surface area (Å²) in [5, 5.41) is 21.1. The average molecular weight is 422 g/mol. The Morgan fingerprint density at radius 1 is 1.17 bits per heavy atom. The number of hydrogen-bond acceptors (Lipinski definition) is 5. The average Bonchev–Trinajstić information content (AvgIpc) is 2.76. The standard InChI is InChI=1S/C17H29N3O2.C8H18/c1-4-6-14(12-19-3)11-17(7-9-20-10-8-17)16(18)22-15(5-2)13-21;1-3-5-7-8-6-4-2/h4,6,12,15,18,20-21H,1,5,7-11,13H2,2-3H3;3-8H2,1-2H3/b14-6-,18-16?,19-12?;. The minimum absolute atomic E-state index is 0.0566. The molecule has 30 heavy (non-hydrogen) atoms. The number of aliphatic hydroxyl groups excluding tert-OH is 1. The summed E-state index contributed by atoms with van der Waals surface area (Å²) in [5.74, 6) is 0.286. The zero-order valence-corrected chi connectivity index (χ0v) is 20.0. The van der Waals surface area contributed by atoms with Crippen LogP contribution in [0.5, 0.6) is 0 Å². The second kappa shape index (κ2) is 18.3. The third-order valence-electron chi connectivity index (χ3n) is 5.61. The lowest BCUT2D eigenvalue weighted by Gasteiger charge is -2.38. The van der Waals surface area contributed by atoms with Gasteiger partial charge in [-0.15, -0.1) is 0 Å². The van der Waals surface area contributed by atoms with Gasteiger partial charge in [-0.3, -0.25) is 10.4 Å². The highest BCUT2D eigenvalue weighted by Crippen LogP contribution is 2.37. The molecule has 174 valence electrons. The monoisotopic (exact) mass is 421 g/mol. The Bertz CT molecular complexity index is 499. The lowest BCUT2D eigenvalue weighted by molar-refractivity contribution is 0.0786. The summed E-state index contributed by atoms with van der Waals surface area (Å²) in [6.07, 6.45) is 16.8. The Labute approximate surface area is 185 Å². The van der Waals surface area contributed by atoms with Crippen LogP contribution < -0.4 is 5.32 Å². The Kier molecular flexibility index (Phi) is 17.4. The molecule has 0 saturated carbocycles. The lowest BCUT2D eigenvalue weighted by atomic mass is 9.73. The molecule has 5 heteroatoms. The molecule has 0 spiro atoms. The third-order valence-corrected chi connectivity index (χ3v) is 5.61. The fraction of sp³-hybridized carbons (Fsp3) is 0.760. The number of hydrogen-bond donors (Lipinski definition) is 3. The van der Waals surface area contributed by atoms with Gasteiger partial charge < -0.3 is 15.2 Å². The van der Waals surface area contributed by atoms with E-state index in [0.717, 1.165) is 31.5 Å². The first-order valence-corrected chi connectivity index (χ1v) is 11.8. The maximum Gasteiger partial charge on any atom is 0.187 e. The highest BCUT2D eigenvalue weighted by molar-refractivity contribution is 5.85. The second-order valence-corrected chi connectivity index (χ2v) is 8.15.